The van der Waals surface area contributed by atoms with Crippen molar-refractivity contribution in [2.24, 2.45) is 0 Å². The van der Waals surface area contributed by atoms with Gasteiger partial charge in [-0.3, -0.25) is 5.32 Å². The molecule has 0 aromatic carbocycles. The quantitative estimate of drug-likeness (QED) is 0.571. The summed E-state index contributed by atoms with van der Waals surface area (Å²) >= 11 is 0. The fourth-order valence-electron chi connectivity index (χ4n) is 1.22. The molecule has 2 atom stereocenters. The van der Waals surface area contributed by atoms with Crippen molar-refractivity contribution in [2.45, 2.75) is 58.3 Å². The Balaban J connectivity index is 4.09. The highest BCUT2D eigenvalue weighted by Gasteiger charge is 2.24. The average Bonchev–Trinajstić information content (AvgIpc) is 2.13. The van der Waals surface area contributed by atoms with Crippen LogP contribution in [0.5, 0.6) is 0 Å². The lowest BCUT2D eigenvalue weighted by Crippen LogP contribution is -2.46. The standard InChI is InChI=1S/C11H23NO4/c1-5-6-8(9(13)10(14)15)12-7-16-11(2,3)4/h8-9,12-13H,5-7H2,1-4H3,(H,14,15). The molecule has 5 nitrogen and oxygen atoms in total. The highest BCUT2D eigenvalue weighted by molar-refractivity contribution is 5.72. The van der Waals surface area contributed by atoms with Gasteiger partial charge in [-0.2, -0.15) is 0 Å². The second kappa shape index (κ2) is 6.83. The molecule has 0 saturated carbocycles. The molecule has 0 bridgehead atoms. The molecule has 0 saturated heterocycles. The van der Waals surface area contributed by atoms with Crippen molar-refractivity contribution in [3.63, 3.8) is 0 Å². The predicted molar refractivity (Wildman–Crippen MR) is 61.2 cm³/mol. The van der Waals surface area contributed by atoms with E-state index in [0.29, 0.717) is 6.42 Å². The van der Waals surface area contributed by atoms with Gasteiger partial charge in [0.2, 0.25) is 0 Å². The number of hydrogen-bond acceptors (Lipinski definition) is 4. The van der Waals surface area contributed by atoms with Crippen LogP contribution >= 0.6 is 0 Å². The van der Waals surface area contributed by atoms with Gasteiger partial charge in [-0.15, -0.1) is 0 Å². The molecule has 96 valence electrons. The second-order valence-corrected chi connectivity index (χ2v) is 4.78. The Morgan fingerprint density at radius 2 is 2.00 bits per heavy atom. The molecule has 0 aliphatic carbocycles. The highest BCUT2D eigenvalue weighted by atomic mass is 16.5. The normalized spacial score (nSPS) is 15.8. The number of rotatable bonds is 7. The van der Waals surface area contributed by atoms with Crippen molar-refractivity contribution in [3.8, 4) is 0 Å². The Bertz CT molecular complexity index is 213. The van der Waals surface area contributed by atoms with Gasteiger partial charge in [0.25, 0.3) is 0 Å². The molecule has 2 unspecified atom stereocenters. The zero-order valence-electron chi connectivity index (χ0n) is 10.5. The van der Waals surface area contributed by atoms with Gasteiger partial charge in [-0.25, -0.2) is 4.79 Å². The lowest BCUT2D eigenvalue weighted by molar-refractivity contribution is -0.148. The van der Waals surface area contributed by atoms with Crippen molar-refractivity contribution >= 4 is 5.97 Å². The first-order valence-corrected chi connectivity index (χ1v) is 5.56. The summed E-state index contributed by atoms with van der Waals surface area (Å²) in [6.07, 6.45) is 0.0157. The van der Waals surface area contributed by atoms with E-state index in [2.05, 4.69) is 5.32 Å². The average molecular weight is 233 g/mol. The second-order valence-electron chi connectivity index (χ2n) is 4.78. The minimum atomic E-state index is -1.39. The van der Waals surface area contributed by atoms with E-state index in [0.717, 1.165) is 6.42 Å². The lowest BCUT2D eigenvalue weighted by atomic mass is 10.1. The third-order valence-corrected chi connectivity index (χ3v) is 2.08. The SMILES string of the molecule is CCCC(NCOC(C)(C)C)C(O)C(=O)O. The molecule has 0 fully saturated rings. The van der Waals surface area contributed by atoms with E-state index in [9.17, 15) is 9.90 Å². The molecule has 0 aliphatic rings. The number of aliphatic hydroxyl groups excluding tert-OH is 1. The van der Waals surface area contributed by atoms with Gasteiger partial charge in [0.1, 0.15) is 0 Å². The molecular formula is C11H23NO4. The van der Waals surface area contributed by atoms with Gasteiger partial charge in [0, 0.05) is 6.04 Å². The Morgan fingerprint density at radius 3 is 2.38 bits per heavy atom. The van der Waals surface area contributed by atoms with Gasteiger partial charge in [-0.1, -0.05) is 13.3 Å². The number of carboxylic acids is 1. The maximum atomic E-state index is 10.6. The van der Waals surface area contributed by atoms with E-state index in [-0.39, 0.29) is 12.3 Å². The van der Waals surface area contributed by atoms with Crippen LogP contribution in [0.2, 0.25) is 0 Å². The van der Waals surface area contributed by atoms with Gasteiger partial charge >= 0.3 is 5.97 Å². The summed E-state index contributed by atoms with van der Waals surface area (Å²) < 4.78 is 5.42. The van der Waals surface area contributed by atoms with Crippen molar-refractivity contribution in [1.82, 2.24) is 5.32 Å². The van der Waals surface area contributed by atoms with E-state index in [1.54, 1.807) is 0 Å². The number of ether oxygens (including phenoxy) is 1. The number of aliphatic hydroxyl groups is 1. The number of carbonyl (C=O) groups is 1. The molecule has 0 aromatic heterocycles. The van der Waals surface area contributed by atoms with Gasteiger partial charge in [-0.05, 0) is 27.2 Å². The maximum Gasteiger partial charge on any atom is 0.334 e. The molecule has 0 rings (SSSR count). The Morgan fingerprint density at radius 1 is 1.44 bits per heavy atom. The first-order valence-electron chi connectivity index (χ1n) is 5.56. The zero-order valence-corrected chi connectivity index (χ0v) is 10.5. The number of hydrogen-bond donors (Lipinski definition) is 3. The molecule has 0 radical (unpaired) electrons. The van der Waals surface area contributed by atoms with E-state index in [1.165, 1.54) is 0 Å². The third kappa shape index (κ3) is 6.76. The minimum Gasteiger partial charge on any atom is -0.479 e. The molecule has 0 amide bonds. The van der Waals surface area contributed by atoms with Gasteiger partial charge < -0.3 is 14.9 Å². The van der Waals surface area contributed by atoms with Crippen molar-refractivity contribution in [3.05, 3.63) is 0 Å². The molecule has 16 heavy (non-hydrogen) atoms. The molecule has 3 N–H and O–H groups in total. The maximum absolute atomic E-state index is 10.6. The minimum absolute atomic E-state index is 0.235. The van der Waals surface area contributed by atoms with Gasteiger partial charge in [0.05, 0.1) is 12.3 Å². The Kier molecular flexibility index (Phi) is 6.55. The van der Waals surface area contributed by atoms with E-state index in [1.807, 2.05) is 27.7 Å². The van der Waals surface area contributed by atoms with Crippen LogP contribution in [0, 0.1) is 0 Å². The van der Waals surface area contributed by atoms with Crippen LogP contribution in [0.25, 0.3) is 0 Å². The predicted octanol–water partition coefficient (Wildman–Crippen LogP) is 0.963. The van der Waals surface area contributed by atoms with Crippen LogP contribution in [0.15, 0.2) is 0 Å². The third-order valence-electron chi connectivity index (χ3n) is 2.08. The fourth-order valence-corrected chi connectivity index (χ4v) is 1.22. The molecule has 5 heteroatoms. The van der Waals surface area contributed by atoms with E-state index >= 15 is 0 Å². The van der Waals surface area contributed by atoms with Crippen molar-refractivity contribution < 1.29 is 19.7 Å². The van der Waals surface area contributed by atoms with Crippen LogP contribution in [0.3, 0.4) is 0 Å². The number of aliphatic carboxylic acids is 1. The van der Waals surface area contributed by atoms with E-state index in [4.69, 9.17) is 9.84 Å². The van der Waals surface area contributed by atoms with Crippen molar-refractivity contribution in [1.29, 1.82) is 0 Å². The number of nitrogens with one attached hydrogen (secondary N) is 1. The summed E-state index contributed by atoms with van der Waals surface area (Å²) in [4.78, 5) is 10.6. The highest BCUT2D eigenvalue weighted by Crippen LogP contribution is 2.07. The topological polar surface area (TPSA) is 78.8 Å². The van der Waals surface area contributed by atoms with Crippen molar-refractivity contribution in [2.75, 3.05) is 6.73 Å². The largest absolute Gasteiger partial charge is 0.479 e. The van der Waals surface area contributed by atoms with Gasteiger partial charge in [0.15, 0.2) is 6.10 Å². The van der Waals surface area contributed by atoms with Crippen LogP contribution < -0.4 is 5.32 Å². The van der Waals surface area contributed by atoms with Crippen LogP contribution in [0.4, 0.5) is 0 Å². The smallest absolute Gasteiger partial charge is 0.334 e. The molecule has 0 aliphatic heterocycles. The summed E-state index contributed by atoms with van der Waals surface area (Å²) in [5.41, 5.74) is -0.280. The van der Waals surface area contributed by atoms with Crippen LogP contribution in [-0.2, 0) is 9.53 Å². The summed E-state index contributed by atoms with van der Waals surface area (Å²) in [7, 11) is 0. The summed E-state index contributed by atoms with van der Waals surface area (Å²) in [5.74, 6) is -1.21. The first-order chi connectivity index (χ1) is 7.28. The molecular weight excluding hydrogens is 210 g/mol. The van der Waals surface area contributed by atoms with Crippen LogP contribution in [0.1, 0.15) is 40.5 Å². The lowest BCUT2D eigenvalue weighted by Gasteiger charge is -2.25. The molecule has 0 aromatic rings. The fraction of sp³-hybridized carbons (Fsp3) is 0.909. The molecule has 0 spiro atoms. The van der Waals surface area contributed by atoms with E-state index < -0.39 is 18.1 Å². The Labute approximate surface area is 96.8 Å². The Hall–Kier alpha value is -0.650. The van der Waals surface area contributed by atoms with Crippen LogP contribution in [-0.4, -0.2) is 40.7 Å². The molecule has 0 heterocycles. The monoisotopic (exact) mass is 233 g/mol. The summed E-state index contributed by atoms with van der Waals surface area (Å²) in [6.45, 7) is 7.91. The number of carboxylic acid groups (broad SMARTS) is 1. The first kappa shape index (κ1) is 15.3. The summed E-state index contributed by atoms with van der Waals surface area (Å²) in [5, 5.41) is 21.0. The zero-order chi connectivity index (χ0) is 12.8. The summed E-state index contributed by atoms with van der Waals surface area (Å²) in [6, 6.07) is -0.468.